The molecule has 0 unspecified atom stereocenters. The molecule has 2 nitrogen and oxygen atoms in total. The van der Waals surface area contributed by atoms with Crippen LogP contribution in [0.15, 0.2) is 6.20 Å². The van der Waals surface area contributed by atoms with Crippen LogP contribution in [0, 0.1) is 20.7 Å². The Balaban J connectivity index is 3.40. The van der Waals surface area contributed by atoms with E-state index >= 15 is 0 Å². The molecular weight excluding hydrogens is 281 g/mol. The monoisotopic (exact) mass is 282 g/mol. The maximum Gasteiger partial charge on any atom is 0.175 e. The van der Waals surface area contributed by atoms with Crippen LogP contribution in [-0.2, 0) is 0 Å². The van der Waals surface area contributed by atoms with E-state index in [2.05, 4.69) is 4.98 Å². The summed E-state index contributed by atoms with van der Waals surface area (Å²) < 4.78 is 13.0. The molecule has 5 heteroatoms. The summed E-state index contributed by atoms with van der Waals surface area (Å²) >= 11 is 7.05. The van der Waals surface area contributed by atoms with E-state index in [1.165, 1.54) is 6.20 Å². The van der Waals surface area contributed by atoms with E-state index in [0.717, 1.165) is 0 Å². The Morgan fingerprint density at radius 2 is 2.36 bits per heavy atom. The van der Waals surface area contributed by atoms with Gasteiger partial charge in [-0.05, 0) is 22.6 Å². The van der Waals surface area contributed by atoms with E-state index in [9.17, 15) is 4.39 Å². The van der Waals surface area contributed by atoms with Crippen molar-refractivity contribution in [2.75, 3.05) is 0 Å². The van der Waals surface area contributed by atoms with Gasteiger partial charge in [0.1, 0.15) is 6.07 Å². The van der Waals surface area contributed by atoms with Gasteiger partial charge in [0, 0.05) is 6.20 Å². The first-order valence-electron chi connectivity index (χ1n) is 2.56. The molecule has 0 saturated heterocycles. The summed E-state index contributed by atoms with van der Waals surface area (Å²) in [4.78, 5) is 3.47. The lowest BCUT2D eigenvalue weighted by Crippen LogP contribution is -1.91. The topological polar surface area (TPSA) is 36.7 Å². The second-order valence-corrected chi connectivity index (χ2v) is 3.14. The standard InChI is InChI=1S/C6HClFIN2/c7-6-4(8)5(9)3(1-10)2-11-6/h2H. The van der Waals surface area contributed by atoms with Gasteiger partial charge in [0.15, 0.2) is 11.0 Å². The average Bonchev–Trinajstić information content (AvgIpc) is 2.01. The van der Waals surface area contributed by atoms with Gasteiger partial charge in [-0.2, -0.15) is 5.26 Å². The van der Waals surface area contributed by atoms with Gasteiger partial charge >= 0.3 is 0 Å². The number of pyridine rings is 1. The maximum atomic E-state index is 12.8. The summed E-state index contributed by atoms with van der Waals surface area (Å²) in [5, 5.41) is 8.23. The van der Waals surface area contributed by atoms with Gasteiger partial charge in [-0.3, -0.25) is 0 Å². The Labute approximate surface area is 81.1 Å². The lowest BCUT2D eigenvalue weighted by atomic mass is 10.3. The fraction of sp³-hybridized carbons (Fsp3) is 0. The molecule has 0 radical (unpaired) electrons. The Hall–Kier alpha value is -0.410. The maximum absolute atomic E-state index is 12.8. The molecular formula is C6HClFIN2. The first-order chi connectivity index (χ1) is 5.16. The fourth-order valence-electron chi connectivity index (χ4n) is 0.521. The first kappa shape index (κ1) is 8.68. The van der Waals surface area contributed by atoms with E-state index in [-0.39, 0.29) is 14.3 Å². The van der Waals surface area contributed by atoms with Gasteiger partial charge < -0.3 is 0 Å². The third kappa shape index (κ3) is 1.60. The number of nitriles is 1. The Morgan fingerprint density at radius 3 is 2.91 bits per heavy atom. The highest BCUT2D eigenvalue weighted by Gasteiger charge is 2.09. The summed E-state index contributed by atoms with van der Waals surface area (Å²) in [7, 11) is 0. The highest BCUT2D eigenvalue weighted by Crippen LogP contribution is 2.20. The van der Waals surface area contributed by atoms with Crippen molar-refractivity contribution in [2.45, 2.75) is 0 Å². The van der Waals surface area contributed by atoms with Gasteiger partial charge in [-0.25, -0.2) is 9.37 Å². The molecule has 0 aliphatic rings. The molecule has 0 aliphatic carbocycles. The minimum atomic E-state index is -0.633. The van der Waals surface area contributed by atoms with Crippen LogP contribution in [-0.4, -0.2) is 4.98 Å². The molecule has 1 heterocycles. The Bertz CT molecular complexity index is 334. The molecule has 0 N–H and O–H groups in total. The molecule has 0 aromatic carbocycles. The van der Waals surface area contributed by atoms with Crippen molar-refractivity contribution in [1.29, 1.82) is 5.26 Å². The van der Waals surface area contributed by atoms with E-state index < -0.39 is 5.82 Å². The molecule has 0 saturated carbocycles. The molecule has 1 rings (SSSR count). The van der Waals surface area contributed by atoms with Crippen molar-refractivity contribution in [1.82, 2.24) is 4.98 Å². The zero-order valence-electron chi connectivity index (χ0n) is 5.11. The quantitative estimate of drug-likeness (QED) is 0.541. The first-order valence-corrected chi connectivity index (χ1v) is 4.02. The third-order valence-electron chi connectivity index (χ3n) is 1.04. The SMILES string of the molecule is N#Cc1cnc(Cl)c(F)c1I. The minimum Gasteiger partial charge on any atom is -0.240 e. The van der Waals surface area contributed by atoms with Gasteiger partial charge in [-0.15, -0.1) is 0 Å². The smallest absolute Gasteiger partial charge is 0.175 e. The van der Waals surface area contributed by atoms with Crippen LogP contribution in [0.25, 0.3) is 0 Å². The number of hydrogen-bond donors (Lipinski definition) is 0. The molecule has 0 atom stereocenters. The van der Waals surface area contributed by atoms with Gasteiger partial charge in [0.25, 0.3) is 0 Å². The molecule has 0 amide bonds. The summed E-state index contributed by atoms with van der Waals surface area (Å²) in [5.74, 6) is -0.633. The summed E-state index contributed by atoms with van der Waals surface area (Å²) in [6, 6.07) is 1.79. The van der Waals surface area contributed by atoms with Crippen molar-refractivity contribution >= 4 is 34.2 Å². The average molecular weight is 282 g/mol. The lowest BCUT2D eigenvalue weighted by molar-refractivity contribution is 0.613. The summed E-state index contributed by atoms with van der Waals surface area (Å²) in [6.07, 6.45) is 1.24. The number of aromatic nitrogens is 1. The highest BCUT2D eigenvalue weighted by molar-refractivity contribution is 14.1. The zero-order chi connectivity index (χ0) is 8.43. The van der Waals surface area contributed by atoms with Crippen molar-refractivity contribution in [3.05, 3.63) is 26.3 Å². The van der Waals surface area contributed by atoms with Crippen LogP contribution in [0.1, 0.15) is 5.56 Å². The van der Waals surface area contributed by atoms with Crippen LogP contribution in [0.2, 0.25) is 5.15 Å². The van der Waals surface area contributed by atoms with Crippen LogP contribution < -0.4 is 0 Å². The Kier molecular flexibility index (Phi) is 2.62. The van der Waals surface area contributed by atoms with Crippen molar-refractivity contribution in [2.24, 2.45) is 0 Å². The van der Waals surface area contributed by atoms with Crippen LogP contribution in [0.3, 0.4) is 0 Å². The molecule has 0 spiro atoms. The number of rotatable bonds is 0. The molecule has 0 aliphatic heterocycles. The Morgan fingerprint density at radius 1 is 1.73 bits per heavy atom. The predicted molar refractivity (Wildman–Crippen MR) is 46.6 cm³/mol. The van der Waals surface area contributed by atoms with E-state index in [1.54, 1.807) is 28.7 Å². The zero-order valence-corrected chi connectivity index (χ0v) is 8.02. The second kappa shape index (κ2) is 3.32. The second-order valence-electron chi connectivity index (χ2n) is 1.70. The van der Waals surface area contributed by atoms with Gasteiger partial charge in [0.2, 0.25) is 0 Å². The fourth-order valence-corrected chi connectivity index (χ4v) is 1.34. The number of hydrogen-bond acceptors (Lipinski definition) is 2. The van der Waals surface area contributed by atoms with Crippen LogP contribution in [0.5, 0.6) is 0 Å². The van der Waals surface area contributed by atoms with Crippen molar-refractivity contribution in [3.63, 3.8) is 0 Å². The number of halogens is 3. The summed E-state index contributed by atoms with van der Waals surface area (Å²) in [5.41, 5.74) is 0.201. The van der Waals surface area contributed by atoms with Crippen molar-refractivity contribution in [3.8, 4) is 6.07 Å². The third-order valence-corrected chi connectivity index (χ3v) is 2.36. The minimum absolute atomic E-state index is 0.201. The number of nitrogens with zero attached hydrogens (tertiary/aromatic N) is 2. The molecule has 0 fully saturated rings. The molecule has 11 heavy (non-hydrogen) atoms. The van der Waals surface area contributed by atoms with E-state index in [1.807, 2.05) is 0 Å². The molecule has 0 bridgehead atoms. The molecule has 1 aromatic heterocycles. The highest BCUT2D eigenvalue weighted by atomic mass is 127. The van der Waals surface area contributed by atoms with E-state index in [4.69, 9.17) is 16.9 Å². The lowest BCUT2D eigenvalue weighted by Gasteiger charge is -1.96. The normalized spacial score (nSPS) is 9.27. The predicted octanol–water partition coefficient (Wildman–Crippen LogP) is 2.35. The van der Waals surface area contributed by atoms with E-state index in [0.29, 0.717) is 0 Å². The summed E-state index contributed by atoms with van der Waals surface area (Å²) in [6.45, 7) is 0. The molecule has 1 aromatic rings. The van der Waals surface area contributed by atoms with Crippen LogP contribution >= 0.6 is 34.2 Å². The van der Waals surface area contributed by atoms with Gasteiger partial charge in [0.05, 0.1) is 9.13 Å². The largest absolute Gasteiger partial charge is 0.240 e. The van der Waals surface area contributed by atoms with Crippen LogP contribution in [0.4, 0.5) is 4.39 Å². The molecule has 56 valence electrons. The van der Waals surface area contributed by atoms with Gasteiger partial charge in [-0.1, -0.05) is 11.6 Å². The van der Waals surface area contributed by atoms with Crippen molar-refractivity contribution < 1.29 is 4.39 Å².